The van der Waals surface area contributed by atoms with Crippen molar-refractivity contribution in [3.8, 4) is 16.9 Å². The highest BCUT2D eigenvalue weighted by Gasteiger charge is 2.26. The molecule has 1 aromatic heterocycles. The second kappa shape index (κ2) is 10.7. The van der Waals surface area contributed by atoms with Crippen molar-refractivity contribution in [3.63, 3.8) is 0 Å². The lowest BCUT2D eigenvalue weighted by atomic mass is 9.94. The number of nitrogens with one attached hydrogen (secondary N) is 1. The minimum absolute atomic E-state index is 0.0461. The maximum atomic E-state index is 13.1. The molecular weight excluding hydrogens is 412 g/mol. The molecule has 1 N–H and O–H groups in total. The van der Waals surface area contributed by atoms with Crippen LogP contribution in [0.1, 0.15) is 43.6 Å². The van der Waals surface area contributed by atoms with E-state index < -0.39 is 0 Å². The van der Waals surface area contributed by atoms with Crippen molar-refractivity contribution in [1.82, 2.24) is 4.90 Å². The van der Waals surface area contributed by atoms with Crippen LogP contribution in [-0.4, -0.2) is 37.6 Å². The van der Waals surface area contributed by atoms with Gasteiger partial charge in [0.2, 0.25) is 5.91 Å². The summed E-state index contributed by atoms with van der Waals surface area (Å²) >= 11 is 0. The van der Waals surface area contributed by atoms with Gasteiger partial charge in [0.15, 0.2) is 0 Å². The molecule has 1 amide bonds. The van der Waals surface area contributed by atoms with Gasteiger partial charge in [0.25, 0.3) is 0 Å². The summed E-state index contributed by atoms with van der Waals surface area (Å²) in [6.45, 7) is 7.16. The van der Waals surface area contributed by atoms with Gasteiger partial charge in [0, 0.05) is 23.1 Å². The number of para-hydroxylation sites is 1. The number of hydrogen-bond donors (Lipinski definition) is 1. The Morgan fingerprint density at radius 1 is 1.12 bits per heavy atom. The zero-order valence-electron chi connectivity index (χ0n) is 19.8. The van der Waals surface area contributed by atoms with Gasteiger partial charge in [0.05, 0.1) is 7.11 Å². The lowest BCUT2D eigenvalue weighted by Crippen LogP contribution is -2.38. The van der Waals surface area contributed by atoms with Crippen molar-refractivity contribution in [2.45, 2.75) is 39.0 Å². The number of carbonyl (C=O) groups excluding carboxylic acids is 1. The molecule has 1 aliphatic rings. The van der Waals surface area contributed by atoms with Crippen LogP contribution in [0.5, 0.6) is 5.75 Å². The predicted octanol–water partition coefficient (Wildman–Crippen LogP) is 6.11. The van der Waals surface area contributed by atoms with E-state index in [0.717, 1.165) is 73.0 Å². The largest absolute Gasteiger partial charge is 0.497 e. The van der Waals surface area contributed by atoms with Crippen LogP contribution in [0, 0.1) is 12.8 Å². The third-order valence-electron chi connectivity index (χ3n) is 6.65. The number of benzene rings is 2. The third kappa shape index (κ3) is 5.85. The molecule has 2 aromatic carbocycles. The van der Waals surface area contributed by atoms with Gasteiger partial charge in [-0.1, -0.05) is 37.3 Å². The lowest BCUT2D eigenvalue weighted by Gasteiger charge is -2.32. The molecule has 0 saturated carbocycles. The molecule has 1 fully saturated rings. The van der Waals surface area contributed by atoms with E-state index in [1.54, 1.807) is 7.11 Å². The molecule has 5 heteroatoms. The summed E-state index contributed by atoms with van der Waals surface area (Å²) < 4.78 is 11.1. The number of anilines is 1. The Balaban J connectivity index is 1.31. The van der Waals surface area contributed by atoms with Gasteiger partial charge in [-0.05, 0) is 81.7 Å². The second-order valence-corrected chi connectivity index (χ2v) is 9.02. The Labute approximate surface area is 196 Å². The highest BCUT2D eigenvalue weighted by molar-refractivity contribution is 5.96. The van der Waals surface area contributed by atoms with Gasteiger partial charge < -0.3 is 19.4 Å². The van der Waals surface area contributed by atoms with Crippen LogP contribution in [0.15, 0.2) is 65.1 Å². The van der Waals surface area contributed by atoms with Gasteiger partial charge in [-0.25, -0.2) is 0 Å². The van der Waals surface area contributed by atoms with E-state index in [1.165, 1.54) is 0 Å². The van der Waals surface area contributed by atoms with Crippen molar-refractivity contribution >= 4 is 11.6 Å². The minimum Gasteiger partial charge on any atom is -0.497 e. The monoisotopic (exact) mass is 446 g/mol. The number of rotatable bonds is 8. The Bertz CT molecular complexity index is 1070. The average molecular weight is 447 g/mol. The Hall–Kier alpha value is -3.05. The number of likely N-dealkylation sites (tertiary alicyclic amines) is 1. The third-order valence-corrected chi connectivity index (χ3v) is 6.65. The summed E-state index contributed by atoms with van der Waals surface area (Å²) in [5.74, 6) is 3.41. The van der Waals surface area contributed by atoms with E-state index in [-0.39, 0.29) is 11.8 Å². The fourth-order valence-corrected chi connectivity index (χ4v) is 4.52. The number of nitrogens with zero attached hydrogens (tertiary/aromatic N) is 1. The van der Waals surface area contributed by atoms with E-state index in [1.807, 2.05) is 61.5 Å². The van der Waals surface area contributed by atoms with E-state index in [2.05, 4.69) is 23.2 Å². The molecule has 5 nitrogen and oxygen atoms in total. The molecule has 0 aliphatic carbocycles. The van der Waals surface area contributed by atoms with Crippen molar-refractivity contribution in [2.75, 3.05) is 32.1 Å². The molecule has 0 bridgehead atoms. The Morgan fingerprint density at radius 3 is 2.64 bits per heavy atom. The quantitative estimate of drug-likeness (QED) is 0.454. The molecule has 1 atom stereocenters. The number of piperidine rings is 1. The number of hydrogen-bond acceptors (Lipinski definition) is 4. The van der Waals surface area contributed by atoms with E-state index in [4.69, 9.17) is 9.15 Å². The zero-order valence-corrected chi connectivity index (χ0v) is 19.8. The number of carbonyl (C=O) groups is 1. The molecule has 174 valence electrons. The van der Waals surface area contributed by atoms with Crippen molar-refractivity contribution in [2.24, 2.45) is 5.92 Å². The number of methoxy groups -OCH3 is 1. The number of amides is 1. The van der Waals surface area contributed by atoms with Crippen LogP contribution < -0.4 is 10.1 Å². The first-order valence-corrected chi connectivity index (χ1v) is 11.9. The first kappa shape index (κ1) is 23.1. The Morgan fingerprint density at radius 2 is 1.91 bits per heavy atom. The molecular formula is C28H34N2O3. The van der Waals surface area contributed by atoms with Crippen LogP contribution in [0.2, 0.25) is 0 Å². The molecule has 1 aliphatic heterocycles. The maximum absolute atomic E-state index is 13.1. The average Bonchev–Trinajstić information content (AvgIpc) is 3.29. The molecule has 33 heavy (non-hydrogen) atoms. The second-order valence-electron chi connectivity index (χ2n) is 9.02. The van der Waals surface area contributed by atoms with Crippen LogP contribution in [0.4, 0.5) is 5.69 Å². The summed E-state index contributed by atoms with van der Waals surface area (Å²) in [5, 5.41) is 3.19. The Kier molecular flexibility index (Phi) is 7.50. The molecule has 3 aromatic rings. The fourth-order valence-electron chi connectivity index (χ4n) is 4.52. The SMILES string of the molecule is COc1cccc(-c2ccccc2NC(=O)C2CCN(CC[C@@H](C)c3ccc(C)o3)CC2)c1. The van der Waals surface area contributed by atoms with Gasteiger partial charge in [-0.2, -0.15) is 0 Å². The highest BCUT2D eigenvalue weighted by atomic mass is 16.5. The molecule has 0 radical (unpaired) electrons. The molecule has 0 spiro atoms. The van der Waals surface area contributed by atoms with Crippen LogP contribution >= 0.6 is 0 Å². The van der Waals surface area contributed by atoms with Gasteiger partial charge >= 0.3 is 0 Å². The van der Waals surface area contributed by atoms with Crippen molar-refractivity contribution < 1.29 is 13.9 Å². The van der Waals surface area contributed by atoms with E-state index >= 15 is 0 Å². The van der Waals surface area contributed by atoms with E-state index in [0.29, 0.717) is 5.92 Å². The zero-order chi connectivity index (χ0) is 23.2. The van der Waals surface area contributed by atoms with Crippen LogP contribution in [0.25, 0.3) is 11.1 Å². The predicted molar refractivity (Wildman–Crippen MR) is 133 cm³/mol. The molecule has 4 rings (SSSR count). The maximum Gasteiger partial charge on any atom is 0.227 e. The number of aryl methyl sites for hydroxylation is 1. The van der Waals surface area contributed by atoms with Gasteiger partial charge in [-0.3, -0.25) is 4.79 Å². The van der Waals surface area contributed by atoms with Crippen molar-refractivity contribution in [3.05, 3.63) is 72.2 Å². The van der Waals surface area contributed by atoms with Crippen LogP contribution in [0.3, 0.4) is 0 Å². The number of ether oxygens (including phenoxy) is 1. The fraction of sp³-hybridized carbons (Fsp3) is 0.393. The lowest BCUT2D eigenvalue weighted by molar-refractivity contribution is -0.121. The summed E-state index contributed by atoms with van der Waals surface area (Å²) in [6.07, 6.45) is 2.85. The molecule has 0 unspecified atom stereocenters. The summed E-state index contributed by atoms with van der Waals surface area (Å²) in [6, 6.07) is 20.0. The first-order chi connectivity index (χ1) is 16.0. The highest BCUT2D eigenvalue weighted by Crippen LogP contribution is 2.31. The molecule has 1 saturated heterocycles. The van der Waals surface area contributed by atoms with E-state index in [9.17, 15) is 4.79 Å². The summed E-state index contributed by atoms with van der Waals surface area (Å²) in [5.41, 5.74) is 2.88. The summed E-state index contributed by atoms with van der Waals surface area (Å²) in [7, 11) is 1.66. The standard InChI is InChI=1S/C28H34N2O3/c1-20(27-12-11-21(2)33-27)13-16-30-17-14-22(15-18-30)28(31)29-26-10-5-4-9-25(26)23-7-6-8-24(19-23)32-3/h4-12,19-20,22H,13-18H2,1-3H3,(H,29,31)/t20-/m1/s1. The van der Waals surface area contributed by atoms with Crippen LogP contribution in [-0.2, 0) is 4.79 Å². The topological polar surface area (TPSA) is 54.7 Å². The number of furan rings is 1. The smallest absolute Gasteiger partial charge is 0.227 e. The van der Waals surface area contributed by atoms with Gasteiger partial charge in [0.1, 0.15) is 17.3 Å². The normalized spacial score (nSPS) is 15.8. The summed E-state index contributed by atoms with van der Waals surface area (Å²) in [4.78, 5) is 15.5. The van der Waals surface area contributed by atoms with Crippen molar-refractivity contribution in [1.29, 1.82) is 0 Å². The van der Waals surface area contributed by atoms with Gasteiger partial charge in [-0.15, -0.1) is 0 Å². The minimum atomic E-state index is 0.0461. The molecule has 2 heterocycles. The first-order valence-electron chi connectivity index (χ1n) is 11.9.